The fraction of sp³-hybridized carbons (Fsp3) is 0.481. The van der Waals surface area contributed by atoms with Crippen LogP contribution in [0.25, 0.3) is 0 Å². The van der Waals surface area contributed by atoms with Gasteiger partial charge in [0.1, 0.15) is 0 Å². The van der Waals surface area contributed by atoms with Gasteiger partial charge in [-0.25, -0.2) is 4.79 Å². The molecular weight excluding hydrogens is 464 g/mol. The van der Waals surface area contributed by atoms with Crippen molar-refractivity contribution in [1.29, 1.82) is 0 Å². The summed E-state index contributed by atoms with van der Waals surface area (Å²) < 4.78 is 5.34. The number of amides is 1. The minimum atomic E-state index is -0.746. The number of rotatable bonds is 8. The van der Waals surface area contributed by atoms with Gasteiger partial charge in [-0.15, -0.1) is 0 Å². The Morgan fingerprint density at radius 1 is 1.09 bits per heavy atom. The van der Waals surface area contributed by atoms with E-state index in [9.17, 15) is 19.7 Å². The summed E-state index contributed by atoms with van der Waals surface area (Å²) in [7, 11) is 0. The van der Waals surface area contributed by atoms with E-state index >= 15 is 0 Å². The topological polar surface area (TPSA) is 98.5 Å². The first-order chi connectivity index (χ1) is 16.8. The molecule has 7 nitrogen and oxygen atoms in total. The molecule has 4 aliphatic carbocycles. The predicted molar refractivity (Wildman–Crippen MR) is 132 cm³/mol. The molecule has 0 aromatic heterocycles. The average molecular weight is 495 g/mol. The van der Waals surface area contributed by atoms with Gasteiger partial charge in [0.2, 0.25) is 0 Å². The summed E-state index contributed by atoms with van der Waals surface area (Å²) in [5.74, 6) is 1.28. The lowest BCUT2D eigenvalue weighted by atomic mass is 9.48. The molecule has 0 aliphatic heterocycles. The lowest BCUT2D eigenvalue weighted by Gasteiger charge is -2.59. The van der Waals surface area contributed by atoms with Gasteiger partial charge in [-0.1, -0.05) is 30.0 Å². The molecule has 1 N–H and O–H groups in total. The summed E-state index contributed by atoms with van der Waals surface area (Å²) in [5.41, 5.74) is 0.0396. The Labute approximate surface area is 209 Å². The maximum absolute atomic E-state index is 12.9. The van der Waals surface area contributed by atoms with Crippen molar-refractivity contribution in [2.45, 2.75) is 61.3 Å². The molecule has 0 heterocycles. The lowest BCUT2D eigenvalue weighted by molar-refractivity contribution is -0.384. The fourth-order valence-electron chi connectivity index (χ4n) is 6.85. The largest absolute Gasteiger partial charge is 0.452 e. The number of nitro benzene ring substituents is 1. The molecule has 184 valence electrons. The SMILES string of the molecule is CC(NC(=O)COC(=O)c1cc([N+](=O)[O-])ccc1Sc1ccccc1)C12CC3CC(CC(C3)C1)C2. The van der Waals surface area contributed by atoms with Crippen LogP contribution in [0.2, 0.25) is 0 Å². The molecular formula is C27H30N2O5S. The van der Waals surface area contributed by atoms with E-state index in [1.807, 2.05) is 30.3 Å². The number of esters is 1. The molecule has 2 aromatic rings. The Morgan fingerprint density at radius 3 is 2.31 bits per heavy atom. The highest BCUT2D eigenvalue weighted by molar-refractivity contribution is 7.99. The molecule has 4 aliphatic rings. The van der Waals surface area contributed by atoms with Crippen molar-refractivity contribution in [3.63, 3.8) is 0 Å². The smallest absolute Gasteiger partial charge is 0.340 e. The number of benzene rings is 2. The van der Waals surface area contributed by atoms with E-state index in [4.69, 9.17) is 4.74 Å². The highest BCUT2D eigenvalue weighted by Crippen LogP contribution is 2.61. The van der Waals surface area contributed by atoms with Crippen LogP contribution in [-0.2, 0) is 9.53 Å². The Morgan fingerprint density at radius 2 is 1.71 bits per heavy atom. The number of non-ortho nitro benzene ring substituents is 1. The molecule has 6 rings (SSSR count). The average Bonchev–Trinajstić information content (AvgIpc) is 2.82. The second-order valence-electron chi connectivity index (χ2n) is 10.5. The van der Waals surface area contributed by atoms with Crippen LogP contribution in [0.15, 0.2) is 58.3 Å². The van der Waals surface area contributed by atoms with Crippen molar-refractivity contribution in [2.75, 3.05) is 6.61 Å². The van der Waals surface area contributed by atoms with Crippen LogP contribution in [0.5, 0.6) is 0 Å². The molecule has 8 heteroatoms. The van der Waals surface area contributed by atoms with Gasteiger partial charge in [0.15, 0.2) is 6.61 Å². The van der Waals surface area contributed by atoms with Crippen molar-refractivity contribution >= 4 is 29.3 Å². The summed E-state index contributed by atoms with van der Waals surface area (Å²) >= 11 is 1.32. The zero-order chi connectivity index (χ0) is 24.6. The van der Waals surface area contributed by atoms with Crippen molar-refractivity contribution in [3.05, 3.63) is 64.2 Å². The van der Waals surface area contributed by atoms with E-state index in [0.717, 1.165) is 22.6 Å². The maximum Gasteiger partial charge on any atom is 0.340 e. The number of ether oxygens (including phenoxy) is 1. The lowest BCUT2D eigenvalue weighted by Crippen LogP contribution is -2.56. The molecule has 1 amide bonds. The third-order valence-corrected chi connectivity index (χ3v) is 9.16. The minimum absolute atomic E-state index is 0.0316. The van der Waals surface area contributed by atoms with Crippen molar-refractivity contribution < 1.29 is 19.2 Å². The van der Waals surface area contributed by atoms with Crippen LogP contribution in [0, 0.1) is 33.3 Å². The first-order valence-electron chi connectivity index (χ1n) is 12.3. The van der Waals surface area contributed by atoms with Crippen molar-refractivity contribution in [3.8, 4) is 0 Å². The number of nitro groups is 1. The van der Waals surface area contributed by atoms with E-state index < -0.39 is 17.5 Å². The van der Waals surface area contributed by atoms with Gasteiger partial charge in [-0.05, 0) is 86.8 Å². The van der Waals surface area contributed by atoms with Crippen molar-refractivity contribution in [2.24, 2.45) is 23.2 Å². The number of carbonyl (C=O) groups is 2. The monoisotopic (exact) mass is 494 g/mol. The van der Waals surface area contributed by atoms with Crippen LogP contribution < -0.4 is 5.32 Å². The molecule has 0 spiro atoms. The second-order valence-corrected chi connectivity index (χ2v) is 11.6. The van der Waals surface area contributed by atoms with Crippen LogP contribution in [0.1, 0.15) is 55.8 Å². The standard InChI is InChI=1S/C27H30N2O5S/c1-17(27-13-18-9-19(14-27)11-20(10-18)15-27)28-25(30)16-34-26(31)23-12-21(29(32)33)7-8-24(23)35-22-5-3-2-4-6-22/h2-8,12,17-20H,9-11,13-16H2,1H3,(H,28,30). The molecule has 4 saturated carbocycles. The van der Waals surface area contributed by atoms with Crippen LogP contribution in [-0.4, -0.2) is 29.4 Å². The van der Waals surface area contributed by atoms with Gasteiger partial charge >= 0.3 is 5.97 Å². The minimum Gasteiger partial charge on any atom is -0.452 e. The van der Waals surface area contributed by atoms with Crippen LogP contribution in [0.4, 0.5) is 5.69 Å². The normalized spacial score (nSPS) is 27.3. The van der Waals surface area contributed by atoms with Gasteiger partial charge in [0.25, 0.3) is 11.6 Å². The summed E-state index contributed by atoms with van der Waals surface area (Å²) in [6, 6.07) is 13.6. The zero-order valence-electron chi connectivity index (χ0n) is 19.8. The Hall–Kier alpha value is -2.87. The summed E-state index contributed by atoms with van der Waals surface area (Å²) in [5, 5.41) is 14.4. The molecule has 1 atom stereocenters. The molecule has 0 radical (unpaired) electrons. The van der Waals surface area contributed by atoms with Gasteiger partial charge in [0.05, 0.1) is 10.5 Å². The zero-order valence-corrected chi connectivity index (χ0v) is 20.6. The maximum atomic E-state index is 12.9. The molecule has 35 heavy (non-hydrogen) atoms. The number of nitrogens with zero attached hydrogens (tertiary/aromatic N) is 1. The number of carbonyl (C=O) groups excluding carboxylic acids is 2. The first kappa shape index (κ1) is 23.9. The van der Waals surface area contributed by atoms with Gasteiger partial charge < -0.3 is 10.1 Å². The van der Waals surface area contributed by atoms with Crippen molar-refractivity contribution in [1.82, 2.24) is 5.32 Å². The number of hydrogen-bond donors (Lipinski definition) is 1. The highest BCUT2D eigenvalue weighted by Gasteiger charge is 2.53. The third-order valence-electron chi connectivity index (χ3n) is 8.08. The first-order valence-corrected chi connectivity index (χ1v) is 13.1. The molecule has 1 unspecified atom stereocenters. The Kier molecular flexibility index (Phi) is 6.57. The van der Waals surface area contributed by atoms with E-state index in [0.29, 0.717) is 4.90 Å². The Balaban J connectivity index is 1.23. The molecule has 4 fully saturated rings. The van der Waals surface area contributed by atoms with Gasteiger partial charge in [-0.3, -0.25) is 14.9 Å². The van der Waals surface area contributed by atoms with Gasteiger partial charge in [-0.2, -0.15) is 0 Å². The second kappa shape index (κ2) is 9.64. The van der Waals surface area contributed by atoms with E-state index in [1.165, 1.54) is 62.4 Å². The van der Waals surface area contributed by atoms with E-state index in [1.54, 1.807) is 6.07 Å². The van der Waals surface area contributed by atoms with E-state index in [2.05, 4.69) is 12.2 Å². The molecule has 0 saturated heterocycles. The van der Waals surface area contributed by atoms with Crippen LogP contribution in [0.3, 0.4) is 0 Å². The highest BCUT2D eigenvalue weighted by atomic mass is 32.2. The number of nitrogens with one attached hydrogen (secondary N) is 1. The summed E-state index contributed by atoms with van der Waals surface area (Å²) in [4.78, 5) is 37.8. The molecule has 2 aromatic carbocycles. The fourth-order valence-corrected chi connectivity index (χ4v) is 7.78. The quantitative estimate of drug-likeness (QED) is 0.290. The molecule has 4 bridgehead atoms. The van der Waals surface area contributed by atoms with E-state index in [-0.39, 0.29) is 28.6 Å². The summed E-state index contributed by atoms with van der Waals surface area (Å²) in [6.07, 6.45) is 7.54. The summed E-state index contributed by atoms with van der Waals surface area (Å²) in [6.45, 7) is 1.68. The Bertz CT molecular complexity index is 1100. The van der Waals surface area contributed by atoms with Crippen LogP contribution >= 0.6 is 11.8 Å². The number of hydrogen-bond acceptors (Lipinski definition) is 6. The van der Waals surface area contributed by atoms with Gasteiger partial charge in [0, 0.05) is 28.0 Å². The predicted octanol–water partition coefficient (Wildman–Crippen LogP) is 5.62. The third kappa shape index (κ3) is 5.08.